The summed E-state index contributed by atoms with van der Waals surface area (Å²) < 4.78 is 0. The van der Waals surface area contributed by atoms with E-state index in [1.54, 1.807) is 0 Å². The Balaban J connectivity index is 1.78. The van der Waals surface area contributed by atoms with Gasteiger partial charge < -0.3 is 15.7 Å². The molecular weight excluding hydrogens is 328 g/mol. The predicted octanol–water partition coefficient (Wildman–Crippen LogP) is 2.25. The molecule has 7 heteroatoms. The number of carbonyl (C=O) groups excluding carboxylic acids is 2. The van der Waals surface area contributed by atoms with Crippen LogP contribution in [0.25, 0.3) is 0 Å². The second-order valence-corrected chi connectivity index (χ2v) is 6.82. The number of rotatable bonds is 8. The molecule has 1 fully saturated rings. The fraction of sp³-hybridized carbons (Fsp3) is 0.471. The van der Waals surface area contributed by atoms with Crippen LogP contribution >= 0.6 is 11.8 Å². The summed E-state index contributed by atoms with van der Waals surface area (Å²) in [5, 5.41) is 14.2. The van der Waals surface area contributed by atoms with E-state index in [9.17, 15) is 14.4 Å². The predicted molar refractivity (Wildman–Crippen MR) is 93.8 cm³/mol. The minimum absolute atomic E-state index is 0.0683. The number of amides is 2. The Bertz CT molecular complexity index is 600. The summed E-state index contributed by atoms with van der Waals surface area (Å²) in [7, 11) is 0. The molecule has 0 atom stereocenters. The second kappa shape index (κ2) is 9.32. The van der Waals surface area contributed by atoms with Crippen molar-refractivity contribution in [2.45, 2.75) is 32.2 Å². The van der Waals surface area contributed by atoms with Crippen LogP contribution in [0.1, 0.15) is 31.2 Å². The Morgan fingerprint density at radius 1 is 1.17 bits per heavy atom. The first-order valence-corrected chi connectivity index (χ1v) is 9.16. The average Bonchev–Trinajstić information content (AvgIpc) is 3.07. The van der Waals surface area contributed by atoms with E-state index < -0.39 is 5.97 Å². The van der Waals surface area contributed by atoms with Gasteiger partial charge in [-0.15, -0.1) is 11.8 Å². The van der Waals surface area contributed by atoms with Gasteiger partial charge in [-0.25, -0.2) is 0 Å². The topological polar surface area (TPSA) is 95.5 Å². The first-order chi connectivity index (χ1) is 11.5. The second-order valence-electron chi connectivity index (χ2n) is 5.83. The summed E-state index contributed by atoms with van der Waals surface area (Å²) in [4.78, 5) is 34.2. The van der Waals surface area contributed by atoms with Gasteiger partial charge in [-0.3, -0.25) is 14.4 Å². The summed E-state index contributed by atoms with van der Waals surface area (Å²) in [6.07, 6.45) is 4.14. The summed E-state index contributed by atoms with van der Waals surface area (Å²) in [6.45, 7) is 0.347. The number of thioether (sulfide) groups is 1. The van der Waals surface area contributed by atoms with Crippen molar-refractivity contribution < 1.29 is 19.5 Å². The number of carboxylic acid groups (broad SMARTS) is 1. The third kappa shape index (κ3) is 6.23. The number of anilines is 1. The lowest BCUT2D eigenvalue weighted by Gasteiger charge is -2.11. The molecule has 0 unspecified atom stereocenters. The standard InChI is InChI=1S/C17H22N2O4S/c20-15(10-24-11-16(21)22)18-9-12-4-3-7-14(8-12)19-17(23)13-5-1-2-6-13/h3-4,7-8,13H,1-2,5-6,9-11H2,(H,18,20)(H,19,23)(H,21,22). The van der Waals surface area contributed by atoms with Crippen LogP contribution in [0.15, 0.2) is 24.3 Å². The maximum absolute atomic E-state index is 12.1. The maximum atomic E-state index is 12.1. The lowest BCUT2D eigenvalue weighted by atomic mass is 10.1. The van der Waals surface area contributed by atoms with Crippen molar-refractivity contribution >= 4 is 35.2 Å². The van der Waals surface area contributed by atoms with E-state index >= 15 is 0 Å². The fourth-order valence-electron chi connectivity index (χ4n) is 2.67. The number of hydrogen-bond donors (Lipinski definition) is 3. The lowest BCUT2D eigenvalue weighted by Crippen LogP contribution is -2.25. The van der Waals surface area contributed by atoms with Gasteiger partial charge in [-0.2, -0.15) is 0 Å². The molecule has 0 aromatic heterocycles. The largest absolute Gasteiger partial charge is 0.481 e. The molecule has 0 saturated heterocycles. The van der Waals surface area contributed by atoms with Gasteiger partial charge in [0.05, 0.1) is 11.5 Å². The lowest BCUT2D eigenvalue weighted by molar-refractivity contribution is -0.133. The van der Waals surface area contributed by atoms with Crippen molar-refractivity contribution in [2.75, 3.05) is 16.8 Å². The third-order valence-electron chi connectivity index (χ3n) is 3.87. The number of nitrogens with one attached hydrogen (secondary N) is 2. The van der Waals surface area contributed by atoms with Crippen LogP contribution in [0.4, 0.5) is 5.69 Å². The molecule has 3 N–H and O–H groups in total. The minimum atomic E-state index is -0.932. The van der Waals surface area contributed by atoms with Crippen LogP contribution in [0.5, 0.6) is 0 Å². The molecule has 2 rings (SSSR count). The van der Waals surface area contributed by atoms with Crippen molar-refractivity contribution in [3.63, 3.8) is 0 Å². The highest BCUT2D eigenvalue weighted by Gasteiger charge is 2.22. The molecule has 0 radical (unpaired) electrons. The Kier molecular flexibility index (Phi) is 7.11. The van der Waals surface area contributed by atoms with E-state index in [2.05, 4.69) is 10.6 Å². The number of carboxylic acids is 1. The van der Waals surface area contributed by atoms with Gasteiger partial charge in [0.1, 0.15) is 0 Å². The Hall–Kier alpha value is -2.02. The Labute approximate surface area is 145 Å². The van der Waals surface area contributed by atoms with Gasteiger partial charge >= 0.3 is 5.97 Å². The monoisotopic (exact) mass is 350 g/mol. The molecule has 0 heterocycles. The SMILES string of the molecule is O=C(O)CSCC(=O)NCc1cccc(NC(=O)C2CCCC2)c1. The van der Waals surface area contributed by atoms with Crippen molar-refractivity contribution in [3.05, 3.63) is 29.8 Å². The van der Waals surface area contributed by atoms with E-state index in [4.69, 9.17) is 5.11 Å². The van der Waals surface area contributed by atoms with E-state index in [1.165, 1.54) is 0 Å². The van der Waals surface area contributed by atoms with Gasteiger partial charge in [0, 0.05) is 18.2 Å². The van der Waals surface area contributed by atoms with E-state index in [0.717, 1.165) is 48.7 Å². The van der Waals surface area contributed by atoms with Crippen LogP contribution in [-0.2, 0) is 20.9 Å². The Morgan fingerprint density at radius 2 is 1.92 bits per heavy atom. The van der Waals surface area contributed by atoms with Gasteiger partial charge in [-0.1, -0.05) is 25.0 Å². The Morgan fingerprint density at radius 3 is 2.62 bits per heavy atom. The molecule has 6 nitrogen and oxygen atoms in total. The highest BCUT2D eigenvalue weighted by Crippen LogP contribution is 2.26. The van der Waals surface area contributed by atoms with Crippen molar-refractivity contribution in [1.82, 2.24) is 5.32 Å². The molecule has 1 aliphatic rings. The minimum Gasteiger partial charge on any atom is -0.481 e. The zero-order valence-electron chi connectivity index (χ0n) is 13.4. The molecule has 130 valence electrons. The number of benzene rings is 1. The van der Waals surface area contributed by atoms with Crippen LogP contribution in [-0.4, -0.2) is 34.4 Å². The summed E-state index contributed by atoms with van der Waals surface area (Å²) >= 11 is 1.06. The van der Waals surface area contributed by atoms with Crippen LogP contribution < -0.4 is 10.6 Å². The number of hydrogen-bond acceptors (Lipinski definition) is 4. The van der Waals surface area contributed by atoms with Gasteiger partial charge in [0.15, 0.2) is 0 Å². The molecule has 1 aliphatic carbocycles. The number of carbonyl (C=O) groups is 3. The van der Waals surface area contributed by atoms with Crippen LogP contribution in [0.3, 0.4) is 0 Å². The smallest absolute Gasteiger partial charge is 0.313 e. The highest BCUT2D eigenvalue weighted by atomic mass is 32.2. The third-order valence-corrected chi connectivity index (χ3v) is 4.79. The van der Waals surface area contributed by atoms with Gasteiger partial charge in [0.25, 0.3) is 0 Å². The molecular formula is C17H22N2O4S. The first kappa shape index (κ1) is 18.3. The van der Waals surface area contributed by atoms with Crippen LogP contribution in [0, 0.1) is 5.92 Å². The molecule has 0 aliphatic heterocycles. The number of aliphatic carboxylic acids is 1. The summed E-state index contributed by atoms with van der Waals surface area (Å²) in [5.41, 5.74) is 1.62. The maximum Gasteiger partial charge on any atom is 0.313 e. The molecule has 24 heavy (non-hydrogen) atoms. The average molecular weight is 350 g/mol. The first-order valence-electron chi connectivity index (χ1n) is 8.00. The molecule has 0 spiro atoms. The highest BCUT2D eigenvalue weighted by molar-refractivity contribution is 8.00. The zero-order chi connectivity index (χ0) is 17.4. The van der Waals surface area contributed by atoms with E-state index in [1.807, 2.05) is 24.3 Å². The molecule has 1 aromatic carbocycles. The molecule has 1 aromatic rings. The van der Waals surface area contributed by atoms with Crippen LogP contribution in [0.2, 0.25) is 0 Å². The normalized spacial score (nSPS) is 14.3. The zero-order valence-corrected chi connectivity index (χ0v) is 14.2. The summed E-state index contributed by atoms with van der Waals surface area (Å²) in [5.74, 6) is -0.931. The quantitative estimate of drug-likeness (QED) is 0.668. The molecule has 1 saturated carbocycles. The van der Waals surface area contributed by atoms with Gasteiger partial charge in [0.2, 0.25) is 11.8 Å². The van der Waals surface area contributed by atoms with Crippen molar-refractivity contribution in [1.29, 1.82) is 0 Å². The van der Waals surface area contributed by atoms with Gasteiger partial charge in [-0.05, 0) is 30.5 Å². The van der Waals surface area contributed by atoms with E-state index in [-0.39, 0.29) is 29.2 Å². The van der Waals surface area contributed by atoms with Crippen molar-refractivity contribution in [3.8, 4) is 0 Å². The summed E-state index contributed by atoms with van der Waals surface area (Å²) in [6, 6.07) is 7.39. The van der Waals surface area contributed by atoms with E-state index in [0.29, 0.717) is 6.54 Å². The fourth-order valence-corrected chi connectivity index (χ4v) is 3.24. The van der Waals surface area contributed by atoms with Crippen molar-refractivity contribution in [2.24, 2.45) is 5.92 Å². The molecule has 2 amide bonds. The molecule has 0 bridgehead atoms.